The maximum absolute atomic E-state index is 5.81. The molecule has 0 unspecified atom stereocenters. The Morgan fingerprint density at radius 3 is 2.50 bits per heavy atom. The van der Waals surface area contributed by atoms with Crippen molar-refractivity contribution < 1.29 is 0 Å². The first kappa shape index (κ1) is 20.3. The Morgan fingerprint density at radius 1 is 1.07 bits per heavy atom. The summed E-state index contributed by atoms with van der Waals surface area (Å²) < 4.78 is 0. The van der Waals surface area contributed by atoms with Gasteiger partial charge in [-0.3, -0.25) is 9.89 Å². The number of pyridine rings is 1. The van der Waals surface area contributed by atoms with Crippen LogP contribution < -0.4 is 15.5 Å². The van der Waals surface area contributed by atoms with E-state index in [9.17, 15) is 0 Å². The Kier molecular flexibility index (Phi) is 7.81. The van der Waals surface area contributed by atoms with Crippen molar-refractivity contribution in [2.45, 2.75) is 6.42 Å². The van der Waals surface area contributed by atoms with Crippen LogP contribution in [0.5, 0.6) is 0 Å². The Bertz CT molecular complexity index is 729. The van der Waals surface area contributed by atoms with Crippen molar-refractivity contribution in [3.63, 3.8) is 0 Å². The lowest BCUT2D eigenvalue weighted by molar-refractivity contribution is 0.260. The van der Waals surface area contributed by atoms with Gasteiger partial charge >= 0.3 is 0 Å². The average Bonchev–Trinajstić information content (AvgIpc) is 2.75. The van der Waals surface area contributed by atoms with E-state index in [1.807, 2.05) is 18.2 Å². The van der Waals surface area contributed by atoms with Gasteiger partial charge in [-0.15, -0.1) is 0 Å². The standard InChI is InChI=1S/C19H27ClN8/c1-21-18(22-8-5-16-3-4-17(20)26-15-16)23-9-10-27-11-13-28(14-12-27)19-24-6-2-7-25-19/h2-4,6-7,15H,5,8-14H2,1H3,(H2,21,22,23). The number of rotatable bonds is 7. The van der Waals surface area contributed by atoms with Crippen molar-refractivity contribution in [3.05, 3.63) is 47.5 Å². The highest BCUT2D eigenvalue weighted by molar-refractivity contribution is 6.29. The minimum Gasteiger partial charge on any atom is -0.356 e. The molecule has 0 aromatic carbocycles. The van der Waals surface area contributed by atoms with Crippen LogP contribution in [0, 0.1) is 0 Å². The van der Waals surface area contributed by atoms with Gasteiger partial charge in [-0.25, -0.2) is 15.0 Å². The van der Waals surface area contributed by atoms with Crippen LogP contribution in [-0.2, 0) is 6.42 Å². The van der Waals surface area contributed by atoms with E-state index < -0.39 is 0 Å². The lowest BCUT2D eigenvalue weighted by atomic mass is 10.2. The van der Waals surface area contributed by atoms with Crippen LogP contribution in [0.15, 0.2) is 41.8 Å². The van der Waals surface area contributed by atoms with Gasteiger partial charge in [-0.1, -0.05) is 17.7 Å². The Morgan fingerprint density at radius 2 is 1.82 bits per heavy atom. The molecule has 0 spiro atoms. The molecule has 2 N–H and O–H groups in total. The minimum absolute atomic E-state index is 0.520. The first-order valence-electron chi connectivity index (χ1n) is 9.54. The van der Waals surface area contributed by atoms with Gasteiger partial charge in [-0.05, 0) is 24.1 Å². The van der Waals surface area contributed by atoms with E-state index in [-0.39, 0.29) is 0 Å². The van der Waals surface area contributed by atoms with Crippen LogP contribution in [0.4, 0.5) is 5.95 Å². The molecular formula is C19H27ClN8. The first-order valence-corrected chi connectivity index (χ1v) is 9.91. The molecule has 3 heterocycles. The molecule has 2 aromatic rings. The zero-order chi connectivity index (χ0) is 19.6. The number of nitrogens with one attached hydrogen (secondary N) is 2. The van der Waals surface area contributed by atoms with Crippen LogP contribution in [0.2, 0.25) is 5.15 Å². The van der Waals surface area contributed by atoms with Crippen molar-refractivity contribution in [1.29, 1.82) is 0 Å². The number of hydrogen-bond acceptors (Lipinski definition) is 6. The molecule has 0 aliphatic carbocycles. The van der Waals surface area contributed by atoms with E-state index in [4.69, 9.17) is 11.6 Å². The third kappa shape index (κ3) is 6.31. The van der Waals surface area contributed by atoms with Gasteiger partial charge in [0.1, 0.15) is 5.15 Å². The summed E-state index contributed by atoms with van der Waals surface area (Å²) in [5.74, 6) is 1.64. The van der Waals surface area contributed by atoms with Gasteiger partial charge < -0.3 is 15.5 Å². The Labute approximate surface area is 171 Å². The lowest BCUT2D eigenvalue weighted by Crippen LogP contribution is -2.49. The second-order valence-corrected chi connectivity index (χ2v) is 6.93. The second kappa shape index (κ2) is 10.8. The molecule has 8 nitrogen and oxygen atoms in total. The molecule has 0 saturated carbocycles. The van der Waals surface area contributed by atoms with E-state index in [2.05, 4.69) is 40.4 Å². The SMILES string of the molecule is CN=C(NCCc1ccc(Cl)nc1)NCCN1CCN(c2ncccn2)CC1. The summed E-state index contributed by atoms with van der Waals surface area (Å²) in [5.41, 5.74) is 1.15. The molecule has 1 aliphatic heterocycles. The van der Waals surface area contributed by atoms with Crippen LogP contribution in [0.1, 0.15) is 5.56 Å². The molecule has 150 valence electrons. The molecule has 2 aromatic heterocycles. The van der Waals surface area contributed by atoms with Crippen molar-refractivity contribution >= 4 is 23.5 Å². The molecule has 0 radical (unpaired) electrons. The molecule has 0 bridgehead atoms. The molecule has 0 atom stereocenters. The second-order valence-electron chi connectivity index (χ2n) is 6.54. The third-order valence-corrected chi connectivity index (χ3v) is 4.87. The zero-order valence-corrected chi connectivity index (χ0v) is 16.9. The predicted octanol–water partition coefficient (Wildman–Crippen LogP) is 1.05. The monoisotopic (exact) mass is 402 g/mol. The van der Waals surface area contributed by atoms with E-state index in [1.165, 1.54) is 0 Å². The third-order valence-electron chi connectivity index (χ3n) is 4.65. The summed E-state index contributed by atoms with van der Waals surface area (Å²) >= 11 is 5.81. The van der Waals surface area contributed by atoms with Crippen molar-refractivity contribution in [1.82, 2.24) is 30.5 Å². The smallest absolute Gasteiger partial charge is 0.225 e. The quantitative estimate of drug-likeness (QED) is 0.407. The summed E-state index contributed by atoms with van der Waals surface area (Å²) in [6.07, 6.45) is 6.26. The molecule has 1 aliphatic rings. The minimum atomic E-state index is 0.520. The van der Waals surface area contributed by atoms with E-state index in [0.29, 0.717) is 5.15 Å². The molecular weight excluding hydrogens is 376 g/mol. The number of halogens is 1. The number of piperazine rings is 1. The fourth-order valence-electron chi connectivity index (χ4n) is 3.06. The first-order chi connectivity index (χ1) is 13.7. The van der Waals surface area contributed by atoms with E-state index >= 15 is 0 Å². The normalized spacial score (nSPS) is 15.5. The molecule has 9 heteroatoms. The number of hydrogen-bond donors (Lipinski definition) is 2. The molecule has 1 saturated heterocycles. The summed E-state index contributed by atoms with van der Waals surface area (Å²) in [5, 5.41) is 7.23. The predicted molar refractivity (Wildman–Crippen MR) is 113 cm³/mol. The maximum atomic E-state index is 5.81. The molecule has 28 heavy (non-hydrogen) atoms. The summed E-state index contributed by atoms with van der Waals surface area (Å²) in [6.45, 7) is 6.54. The highest BCUT2D eigenvalue weighted by Gasteiger charge is 2.18. The fraction of sp³-hybridized carbons (Fsp3) is 0.474. The summed E-state index contributed by atoms with van der Waals surface area (Å²) in [7, 11) is 1.79. The van der Waals surface area contributed by atoms with Gasteiger partial charge in [-0.2, -0.15) is 0 Å². The van der Waals surface area contributed by atoms with E-state index in [1.54, 1.807) is 25.6 Å². The van der Waals surface area contributed by atoms with Crippen LogP contribution in [-0.4, -0.2) is 78.7 Å². The number of aliphatic imine (C=N–C) groups is 1. The van der Waals surface area contributed by atoms with Crippen LogP contribution in [0.3, 0.4) is 0 Å². The number of nitrogens with zero attached hydrogens (tertiary/aromatic N) is 6. The average molecular weight is 403 g/mol. The summed E-state index contributed by atoms with van der Waals surface area (Å²) in [4.78, 5) is 21.7. The highest BCUT2D eigenvalue weighted by atomic mass is 35.5. The molecule has 3 rings (SSSR count). The van der Waals surface area contributed by atoms with Crippen LogP contribution >= 0.6 is 11.6 Å². The van der Waals surface area contributed by atoms with Crippen molar-refractivity contribution in [2.75, 3.05) is 57.8 Å². The largest absolute Gasteiger partial charge is 0.356 e. The number of anilines is 1. The molecule has 0 amide bonds. The number of aromatic nitrogens is 3. The Balaban J connectivity index is 1.31. The number of guanidine groups is 1. The van der Waals surface area contributed by atoms with E-state index in [0.717, 1.165) is 69.7 Å². The Hall–Kier alpha value is -2.45. The van der Waals surface area contributed by atoms with Crippen molar-refractivity contribution in [2.24, 2.45) is 4.99 Å². The fourth-order valence-corrected chi connectivity index (χ4v) is 3.17. The lowest BCUT2D eigenvalue weighted by Gasteiger charge is -2.34. The van der Waals surface area contributed by atoms with Gasteiger partial charge in [0, 0.05) is 71.5 Å². The van der Waals surface area contributed by atoms with Gasteiger partial charge in [0.25, 0.3) is 0 Å². The van der Waals surface area contributed by atoms with Gasteiger partial charge in [0.15, 0.2) is 5.96 Å². The topological polar surface area (TPSA) is 81.6 Å². The van der Waals surface area contributed by atoms with Gasteiger partial charge in [0.2, 0.25) is 5.95 Å². The molecule has 1 fully saturated rings. The zero-order valence-electron chi connectivity index (χ0n) is 16.2. The van der Waals surface area contributed by atoms with Crippen LogP contribution in [0.25, 0.3) is 0 Å². The maximum Gasteiger partial charge on any atom is 0.225 e. The highest BCUT2D eigenvalue weighted by Crippen LogP contribution is 2.09. The van der Waals surface area contributed by atoms with Gasteiger partial charge in [0.05, 0.1) is 0 Å². The summed E-state index contributed by atoms with van der Waals surface area (Å²) in [6, 6.07) is 5.65. The van der Waals surface area contributed by atoms with Crippen molar-refractivity contribution in [3.8, 4) is 0 Å².